The molecule has 17 atom stereocenters. The molecular weight excluding hydrogens is 927 g/mol. The minimum absolute atomic E-state index is 0.259. The van der Waals surface area contributed by atoms with Gasteiger partial charge < -0.3 is 89.9 Å². The molecule has 19 nitrogen and oxygen atoms in total. The fraction of sp³-hybridized carbons (Fsp3) is 0.981. The summed E-state index contributed by atoms with van der Waals surface area (Å²) in [5.74, 6) is -0.259. The number of carbonyl (C=O) groups is 1. The summed E-state index contributed by atoms with van der Waals surface area (Å²) >= 11 is 0. The zero-order valence-electron chi connectivity index (χ0n) is 43.2. The van der Waals surface area contributed by atoms with Crippen LogP contribution in [0.4, 0.5) is 0 Å². The lowest BCUT2D eigenvalue weighted by Gasteiger charge is -2.48. The normalized spacial score (nSPS) is 32.2. The average molecular weight is 1030 g/mol. The minimum atomic E-state index is -1.97. The molecule has 0 saturated carbocycles. The van der Waals surface area contributed by atoms with Crippen LogP contribution in [0.5, 0.6) is 0 Å². The molecule has 17 unspecified atom stereocenters. The minimum Gasteiger partial charge on any atom is -0.394 e. The van der Waals surface area contributed by atoms with Crippen molar-refractivity contribution in [3.63, 3.8) is 0 Å². The van der Waals surface area contributed by atoms with Gasteiger partial charge in [0.2, 0.25) is 5.91 Å². The maximum atomic E-state index is 13.0. The van der Waals surface area contributed by atoms with Gasteiger partial charge in [-0.3, -0.25) is 4.79 Å². The standard InChI is InChI=1S/C52H99NO18/c1-3-5-7-9-10-11-12-13-14-15-16-17-18-19-20-21-22-23-24-25-26-27-29-36(57)35(53-40(58)30-28-8-6-4-2)34-66-50-46(64)43(61)48(38(32-55)68-50)71-52-47(65)44(62)49(39(33-56)69-52)70-51-45(63)42(60)41(59)37(31-54)67-51/h35-39,41-52,54-57,59-65H,3-34H2,1-2H3,(H,53,58). The molecule has 0 radical (unpaired) electrons. The second kappa shape index (κ2) is 37.5. The quantitative estimate of drug-likeness (QED) is 0.0392. The Balaban J connectivity index is 1.41. The Morgan fingerprint density at radius 1 is 0.451 bits per heavy atom. The molecule has 71 heavy (non-hydrogen) atoms. The lowest BCUT2D eigenvalue weighted by Crippen LogP contribution is -2.66. The largest absolute Gasteiger partial charge is 0.394 e. The molecule has 1 amide bonds. The van der Waals surface area contributed by atoms with Crippen LogP contribution in [-0.4, -0.2) is 193 Å². The third-order valence-corrected chi connectivity index (χ3v) is 14.4. The van der Waals surface area contributed by atoms with E-state index in [4.69, 9.17) is 28.4 Å². The van der Waals surface area contributed by atoms with Crippen molar-refractivity contribution >= 4 is 5.91 Å². The van der Waals surface area contributed by atoms with E-state index < -0.39 is 124 Å². The third kappa shape index (κ3) is 22.9. The van der Waals surface area contributed by atoms with E-state index in [1.807, 2.05) is 0 Å². The number of unbranched alkanes of at least 4 members (excludes halogenated alkanes) is 24. The Kier molecular flexibility index (Phi) is 33.9. The van der Waals surface area contributed by atoms with Crippen LogP contribution in [0.2, 0.25) is 0 Å². The van der Waals surface area contributed by atoms with E-state index in [1.54, 1.807) is 0 Å². The van der Waals surface area contributed by atoms with Gasteiger partial charge in [0.05, 0.1) is 38.6 Å². The van der Waals surface area contributed by atoms with E-state index in [-0.39, 0.29) is 18.9 Å². The van der Waals surface area contributed by atoms with Crippen molar-refractivity contribution in [3.05, 3.63) is 0 Å². The van der Waals surface area contributed by atoms with Gasteiger partial charge in [-0.15, -0.1) is 0 Å². The Bertz CT molecular complexity index is 1320. The van der Waals surface area contributed by atoms with E-state index in [2.05, 4.69) is 19.2 Å². The van der Waals surface area contributed by atoms with Crippen molar-refractivity contribution in [2.45, 2.75) is 298 Å². The fourth-order valence-electron chi connectivity index (χ4n) is 9.78. The second-order valence-corrected chi connectivity index (χ2v) is 20.4. The Morgan fingerprint density at radius 2 is 0.803 bits per heavy atom. The van der Waals surface area contributed by atoms with Crippen molar-refractivity contribution in [1.29, 1.82) is 0 Å². The summed E-state index contributed by atoms with van der Waals surface area (Å²) in [6.45, 7) is 1.65. The van der Waals surface area contributed by atoms with Crippen LogP contribution in [0.3, 0.4) is 0 Å². The second-order valence-electron chi connectivity index (χ2n) is 20.4. The number of hydrogen-bond donors (Lipinski definition) is 12. The number of hydrogen-bond acceptors (Lipinski definition) is 18. The number of amides is 1. The number of aliphatic hydroxyl groups excluding tert-OH is 11. The first-order valence-electron chi connectivity index (χ1n) is 27.8. The van der Waals surface area contributed by atoms with Gasteiger partial charge in [-0.2, -0.15) is 0 Å². The zero-order valence-corrected chi connectivity index (χ0v) is 43.2. The summed E-state index contributed by atoms with van der Waals surface area (Å²) < 4.78 is 34.1. The van der Waals surface area contributed by atoms with Gasteiger partial charge in [-0.25, -0.2) is 0 Å². The van der Waals surface area contributed by atoms with Gasteiger partial charge in [0.25, 0.3) is 0 Å². The van der Waals surface area contributed by atoms with Crippen LogP contribution in [0.1, 0.15) is 194 Å². The molecule has 0 spiro atoms. The van der Waals surface area contributed by atoms with E-state index in [0.717, 1.165) is 44.9 Å². The summed E-state index contributed by atoms with van der Waals surface area (Å²) in [6, 6.07) is -0.876. The van der Waals surface area contributed by atoms with Crippen LogP contribution in [0.25, 0.3) is 0 Å². The molecule has 0 aliphatic carbocycles. The first-order chi connectivity index (χ1) is 34.3. The summed E-state index contributed by atoms with van der Waals surface area (Å²) in [5, 5.41) is 119. The van der Waals surface area contributed by atoms with Gasteiger partial charge in [0.15, 0.2) is 18.9 Å². The first kappa shape index (κ1) is 64.1. The predicted molar refractivity (Wildman–Crippen MR) is 264 cm³/mol. The van der Waals surface area contributed by atoms with Crippen molar-refractivity contribution in [2.75, 3.05) is 26.4 Å². The topological polar surface area (TPSA) is 307 Å². The molecule has 0 aromatic carbocycles. The van der Waals surface area contributed by atoms with E-state index in [0.29, 0.717) is 12.8 Å². The van der Waals surface area contributed by atoms with Gasteiger partial charge in [0.1, 0.15) is 73.2 Å². The molecule has 420 valence electrons. The Morgan fingerprint density at radius 3 is 1.23 bits per heavy atom. The van der Waals surface area contributed by atoms with Crippen molar-refractivity contribution in [2.24, 2.45) is 0 Å². The fourth-order valence-corrected chi connectivity index (χ4v) is 9.78. The molecular formula is C52H99NO18. The maximum absolute atomic E-state index is 13.0. The summed E-state index contributed by atoms with van der Waals surface area (Å²) in [7, 11) is 0. The molecule has 0 aromatic rings. The summed E-state index contributed by atoms with van der Waals surface area (Å²) in [4.78, 5) is 13.0. The molecule has 3 fully saturated rings. The molecule has 0 bridgehead atoms. The molecule has 12 N–H and O–H groups in total. The Labute approximate surface area is 423 Å². The molecule has 3 saturated heterocycles. The number of aliphatic hydroxyl groups is 11. The molecule has 3 aliphatic rings. The smallest absolute Gasteiger partial charge is 0.220 e. The molecule has 0 aromatic heterocycles. The van der Waals surface area contributed by atoms with Crippen LogP contribution in [0, 0.1) is 0 Å². The Hall–Kier alpha value is -1.21. The van der Waals surface area contributed by atoms with Gasteiger partial charge in [-0.1, -0.05) is 174 Å². The van der Waals surface area contributed by atoms with Gasteiger partial charge >= 0.3 is 0 Å². The maximum Gasteiger partial charge on any atom is 0.220 e. The van der Waals surface area contributed by atoms with Crippen LogP contribution in [0.15, 0.2) is 0 Å². The summed E-state index contributed by atoms with van der Waals surface area (Å²) in [6.07, 6.45) is 5.82. The van der Waals surface area contributed by atoms with Crippen molar-refractivity contribution in [3.8, 4) is 0 Å². The number of ether oxygens (including phenoxy) is 6. The van der Waals surface area contributed by atoms with Crippen molar-refractivity contribution in [1.82, 2.24) is 5.32 Å². The summed E-state index contributed by atoms with van der Waals surface area (Å²) in [5.41, 5.74) is 0. The van der Waals surface area contributed by atoms with Crippen LogP contribution >= 0.6 is 0 Å². The van der Waals surface area contributed by atoms with E-state index in [9.17, 15) is 61.0 Å². The molecule has 19 heteroatoms. The highest BCUT2D eigenvalue weighted by Crippen LogP contribution is 2.33. The van der Waals surface area contributed by atoms with Gasteiger partial charge in [-0.05, 0) is 12.8 Å². The van der Waals surface area contributed by atoms with Crippen LogP contribution < -0.4 is 5.32 Å². The number of rotatable bonds is 40. The lowest BCUT2D eigenvalue weighted by atomic mass is 9.96. The van der Waals surface area contributed by atoms with E-state index in [1.165, 1.54) is 116 Å². The molecule has 3 aliphatic heterocycles. The number of nitrogens with one attached hydrogen (secondary N) is 1. The first-order valence-corrected chi connectivity index (χ1v) is 27.8. The van der Waals surface area contributed by atoms with E-state index >= 15 is 0 Å². The van der Waals surface area contributed by atoms with Crippen LogP contribution in [-0.2, 0) is 33.2 Å². The SMILES string of the molecule is CCCCCCCCCCCCCCCCCCCCCCCCC(O)C(COC1OC(CO)C(OC2OC(CO)C(OC3OC(CO)C(O)C(O)C3O)C(O)C2O)C(O)C1O)NC(=O)CCCCCC. The number of carbonyl (C=O) groups excluding carboxylic acids is 1. The highest BCUT2D eigenvalue weighted by atomic mass is 16.8. The monoisotopic (exact) mass is 1030 g/mol. The highest BCUT2D eigenvalue weighted by Gasteiger charge is 2.53. The third-order valence-electron chi connectivity index (χ3n) is 14.4. The van der Waals surface area contributed by atoms with Crippen molar-refractivity contribution < 1.29 is 89.4 Å². The molecule has 3 rings (SSSR count). The predicted octanol–water partition coefficient (Wildman–Crippen LogP) is 3.26. The van der Waals surface area contributed by atoms with Gasteiger partial charge in [0, 0.05) is 6.42 Å². The molecule has 3 heterocycles. The lowest BCUT2D eigenvalue weighted by molar-refractivity contribution is -0.379. The zero-order chi connectivity index (χ0) is 52.0. The average Bonchev–Trinajstić information content (AvgIpc) is 3.37. The highest BCUT2D eigenvalue weighted by molar-refractivity contribution is 5.76.